The van der Waals surface area contributed by atoms with E-state index in [0.29, 0.717) is 23.7 Å². The van der Waals surface area contributed by atoms with Gasteiger partial charge in [0.1, 0.15) is 0 Å². The van der Waals surface area contributed by atoms with E-state index in [9.17, 15) is 9.59 Å². The van der Waals surface area contributed by atoms with E-state index < -0.39 is 5.97 Å². The molecule has 1 rings (SSSR count). The van der Waals surface area contributed by atoms with Crippen LogP contribution in [-0.2, 0) is 4.79 Å². The van der Waals surface area contributed by atoms with Crippen LogP contribution < -0.4 is 10.6 Å². The molecule has 0 aliphatic heterocycles. The smallest absolute Gasteiger partial charge is 0.328 e. The van der Waals surface area contributed by atoms with Crippen LogP contribution in [0.2, 0.25) is 0 Å². The molecule has 5 nitrogen and oxygen atoms in total. The molecule has 108 valence electrons. The van der Waals surface area contributed by atoms with Crippen LogP contribution in [0, 0.1) is 5.92 Å². The summed E-state index contributed by atoms with van der Waals surface area (Å²) in [4.78, 5) is 22.1. The third-order valence-corrected chi connectivity index (χ3v) is 2.87. The minimum Gasteiger partial charge on any atom is -0.478 e. The molecular formula is C15H20N2O3. The second kappa shape index (κ2) is 7.99. The molecule has 0 aromatic heterocycles. The number of hydrogen-bond acceptors (Lipinski definition) is 2. The van der Waals surface area contributed by atoms with Crippen LogP contribution in [0.3, 0.4) is 0 Å². The Morgan fingerprint density at radius 2 is 2.15 bits per heavy atom. The maximum Gasteiger partial charge on any atom is 0.328 e. The number of benzene rings is 1. The SMILES string of the molecule is CCC(C)CNC(=O)Nc1cccc(/C=C/C(=O)O)c1. The fraction of sp³-hybridized carbons (Fsp3) is 0.333. The Hall–Kier alpha value is -2.30. The van der Waals surface area contributed by atoms with E-state index in [2.05, 4.69) is 24.5 Å². The molecule has 1 aromatic carbocycles. The molecule has 1 atom stereocenters. The lowest BCUT2D eigenvalue weighted by Crippen LogP contribution is -2.32. The summed E-state index contributed by atoms with van der Waals surface area (Å²) in [6, 6.07) is 6.72. The second-order valence-electron chi connectivity index (χ2n) is 4.65. The predicted octanol–water partition coefficient (Wildman–Crippen LogP) is 2.95. The first-order valence-corrected chi connectivity index (χ1v) is 6.57. The summed E-state index contributed by atoms with van der Waals surface area (Å²) in [5.74, 6) is -0.569. The quantitative estimate of drug-likeness (QED) is 0.699. The van der Waals surface area contributed by atoms with Gasteiger partial charge in [-0.05, 0) is 29.7 Å². The minimum atomic E-state index is -1.00. The van der Waals surface area contributed by atoms with Crippen molar-refractivity contribution in [2.75, 3.05) is 11.9 Å². The maximum absolute atomic E-state index is 11.7. The summed E-state index contributed by atoms with van der Waals surface area (Å²) in [6.07, 6.45) is 3.54. The van der Waals surface area contributed by atoms with Gasteiger partial charge in [-0.15, -0.1) is 0 Å². The van der Waals surface area contributed by atoms with E-state index in [0.717, 1.165) is 12.5 Å². The predicted molar refractivity (Wildman–Crippen MR) is 79.6 cm³/mol. The Labute approximate surface area is 118 Å². The highest BCUT2D eigenvalue weighted by atomic mass is 16.4. The van der Waals surface area contributed by atoms with E-state index in [4.69, 9.17) is 5.11 Å². The van der Waals surface area contributed by atoms with Crippen molar-refractivity contribution in [1.82, 2.24) is 5.32 Å². The summed E-state index contributed by atoms with van der Waals surface area (Å²) < 4.78 is 0. The molecule has 0 saturated heterocycles. The third kappa shape index (κ3) is 6.04. The Balaban J connectivity index is 2.57. The summed E-state index contributed by atoms with van der Waals surface area (Å²) in [5.41, 5.74) is 1.34. The van der Waals surface area contributed by atoms with E-state index in [1.165, 1.54) is 6.08 Å². The van der Waals surface area contributed by atoms with Gasteiger partial charge in [0, 0.05) is 18.3 Å². The Kier molecular flexibility index (Phi) is 6.29. The molecular weight excluding hydrogens is 256 g/mol. The van der Waals surface area contributed by atoms with Crippen molar-refractivity contribution in [3.05, 3.63) is 35.9 Å². The molecule has 0 radical (unpaired) electrons. The van der Waals surface area contributed by atoms with Gasteiger partial charge in [-0.3, -0.25) is 0 Å². The van der Waals surface area contributed by atoms with Crippen LogP contribution in [0.15, 0.2) is 30.3 Å². The van der Waals surface area contributed by atoms with Crippen LogP contribution in [-0.4, -0.2) is 23.7 Å². The molecule has 2 amide bonds. The highest BCUT2D eigenvalue weighted by molar-refractivity contribution is 5.90. The molecule has 0 saturated carbocycles. The average Bonchev–Trinajstić information content (AvgIpc) is 2.43. The van der Waals surface area contributed by atoms with Crippen molar-refractivity contribution in [2.45, 2.75) is 20.3 Å². The van der Waals surface area contributed by atoms with Gasteiger partial charge in [0.05, 0.1) is 0 Å². The monoisotopic (exact) mass is 276 g/mol. The maximum atomic E-state index is 11.7. The van der Waals surface area contributed by atoms with E-state index in [1.54, 1.807) is 24.3 Å². The Bertz CT molecular complexity index is 498. The number of anilines is 1. The molecule has 5 heteroatoms. The van der Waals surface area contributed by atoms with Crippen molar-refractivity contribution in [3.8, 4) is 0 Å². The lowest BCUT2D eigenvalue weighted by molar-refractivity contribution is -0.131. The number of urea groups is 1. The Morgan fingerprint density at radius 3 is 2.80 bits per heavy atom. The fourth-order valence-corrected chi connectivity index (χ4v) is 1.47. The number of nitrogens with one attached hydrogen (secondary N) is 2. The number of amides is 2. The molecule has 3 N–H and O–H groups in total. The summed E-state index contributed by atoms with van der Waals surface area (Å²) in [6.45, 7) is 4.76. The molecule has 1 unspecified atom stereocenters. The molecule has 0 aliphatic rings. The van der Waals surface area contributed by atoms with E-state index in [1.807, 2.05) is 0 Å². The number of rotatable bonds is 6. The molecule has 0 heterocycles. The lowest BCUT2D eigenvalue weighted by atomic mass is 10.1. The van der Waals surface area contributed by atoms with Gasteiger partial charge in [-0.2, -0.15) is 0 Å². The lowest BCUT2D eigenvalue weighted by Gasteiger charge is -2.11. The average molecular weight is 276 g/mol. The van der Waals surface area contributed by atoms with Gasteiger partial charge in [-0.25, -0.2) is 9.59 Å². The number of aliphatic carboxylic acids is 1. The summed E-state index contributed by atoms with van der Waals surface area (Å²) >= 11 is 0. The van der Waals surface area contributed by atoms with Crippen molar-refractivity contribution in [2.24, 2.45) is 5.92 Å². The largest absolute Gasteiger partial charge is 0.478 e. The standard InChI is InChI=1S/C15H20N2O3/c1-3-11(2)10-16-15(20)17-13-6-4-5-12(9-13)7-8-14(18)19/h4-9,11H,3,10H2,1-2H3,(H,18,19)(H2,16,17,20)/b8-7+. The number of carbonyl (C=O) groups is 2. The van der Waals surface area contributed by atoms with Crippen molar-refractivity contribution in [1.29, 1.82) is 0 Å². The molecule has 0 aliphatic carbocycles. The van der Waals surface area contributed by atoms with Crippen LogP contribution in [0.25, 0.3) is 6.08 Å². The Morgan fingerprint density at radius 1 is 1.40 bits per heavy atom. The molecule has 0 spiro atoms. The molecule has 20 heavy (non-hydrogen) atoms. The van der Waals surface area contributed by atoms with Crippen LogP contribution in [0.5, 0.6) is 0 Å². The van der Waals surface area contributed by atoms with Gasteiger partial charge in [0.15, 0.2) is 0 Å². The minimum absolute atomic E-state index is 0.260. The number of carboxylic acid groups (broad SMARTS) is 1. The summed E-state index contributed by atoms with van der Waals surface area (Å²) in [7, 11) is 0. The first-order chi connectivity index (χ1) is 9.51. The number of carboxylic acids is 1. The van der Waals surface area contributed by atoms with Gasteiger partial charge < -0.3 is 15.7 Å². The number of carbonyl (C=O) groups excluding carboxylic acids is 1. The third-order valence-electron chi connectivity index (χ3n) is 2.87. The van der Waals surface area contributed by atoms with Crippen LogP contribution in [0.1, 0.15) is 25.8 Å². The second-order valence-corrected chi connectivity index (χ2v) is 4.65. The van der Waals surface area contributed by atoms with Crippen LogP contribution >= 0.6 is 0 Å². The molecule has 0 fully saturated rings. The number of hydrogen-bond donors (Lipinski definition) is 3. The first kappa shape index (κ1) is 15.8. The van der Waals surface area contributed by atoms with Crippen molar-refractivity contribution >= 4 is 23.8 Å². The first-order valence-electron chi connectivity index (χ1n) is 6.57. The van der Waals surface area contributed by atoms with Gasteiger partial charge in [-0.1, -0.05) is 32.4 Å². The summed E-state index contributed by atoms with van der Waals surface area (Å²) in [5, 5.41) is 14.1. The zero-order chi connectivity index (χ0) is 15.0. The van der Waals surface area contributed by atoms with E-state index >= 15 is 0 Å². The van der Waals surface area contributed by atoms with Gasteiger partial charge in [0.2, 0.25) is 0 Å². The van der Waals surface area contributed by atoms with Crippen LogP contribution in [0.4, 0.5) is 10.5 Å². The fourth-order valence-electron chi connectivity index (χ4n) is 1.47. The van der Waals surface area contributed by atoms with Crippen molar-refractivity contribution < 1.29 is 14.7 Å². The highest BCUT2D eigenvalue weighted by Gasteiger charge is 2.04. The normalized spacial score (nSPS) is 12.1. The zero-order valence-electron chi connectivity index (χ0n) is 11.7. The molecule has 1 aromatic rings. The van der Waals surface area contributed by atoms with E-state index in [-0.39, 0.29) is 6.03 Å². The van der Waals surface area contributed by atoms with Gasteiger partial charge >= 0.3 is 12.0 Å². The van der Waals surface area contributed by atoms with Crippen molar-refractivity contribution in [3.63, 3.8) is 0 Å². The molecule has 0 bridgehead atoms. The highest BCUT2D eigenvalue weighted by Crippen LogP contribution is 2.12. The van der Waals surface area contributed by atoms with Gasteiger partial charge in [0.25, 0.3) is 0 Å². The zero-order valence-corrected chi connectivity index (χ0v) is 11.7. The topological polar surface area (TPSA) is 78.4 Å².